The lowest BCUT2D eigenvalue weighted by Gasteiger charge is -2.12. The zero-order chi connectivity index (χ0) is 12.1. The van der Waals surface area contributed by atoms with Crippen LogP contribution < -0.4 is 15.4 Å². The first kappa shape index (κ1) is 12.5. The van der Waals surface area contributed by atoms with Gasteiger partial charge in [-0.25, -0.2) is 0 Å². The minimum absolute atomic E-state index is 0.0490. The standard InChI is InChI=1S/C12H18N2O2/c1-8-7-10(5-6-11(8)16-4)14-12(15)9(2)13-3/h5-7,9,13H,1-4H3,(H,14,15). The highest BCUT2D eigenvalue weighted by atomic mass is 16.5. The molecule has 0 aliphatic rings. The van der Waals surface area contributed by atoms with Crippen LogP contribution in [0.5, 0.6) is 5.75 Å². The molecule has 0 radical (unpaired) electrons. The summed E-state index contributed by atoms with van der Waals surface area (Å²) in [6, 6.07) is 5.35. The molecule has 88 valence electrons. The Morgan fingerprint density at radius 2 is 2.12 bits per heavy atom. The molecule has 1 atom stereocenters. The van der Waals surface area contributed by atoms with Crippen LogP contribution in [0.4, 0.5) is 5.69 Å². The Hall–Kier alpha value is -1.55. The van der Waals surface area contributed by atoms with Crippen LogP contribution in [0.3, 0.4) is 0 Å². The summed E-state index contributed by atoms with van der Waals surface area (Å²) in [6.07, 6.45) is 0. The van der Waals surface area contributed by atoms with Gasteiger partial charge < -0.3 is 15.4 Å². The van der Waals surface area contributed by atoms with Gasteiger partial charge in [-0.2, -0.15) is 0 Å². The van der Waals surface area contributed by atoms with Gasteiger partial charge in [-0.05, 0) is 44.7 Å². The van der Waals surface area contributed by atoms with Crippen LogP contribution >= 0.6 is 0 Å². The van der Waals surface area contributed by atoms with Crippen LogP contribution in [0.2, 0.25) is 0 Å². The van der Waals surface area contributed by atoms with E-state index in [1.165, 1.54) is 0 Å². The van der Waals surface area contributed by atoms with E-state index in [1.807, 2.05) is 32.0 Å². The van der Waals surface area contributed by atoms with Gasteiger partial charge in [0.25, 0.3) is 0 Å². The second-order valence-electron chi connectivity index (χ2n) is 3.68. The summed E-state index contributed by atoms with van der Waals surface area (Å²) in [4.78, 5) is 11.6. The molecular weight excluding hydrogens is 204 g/mol. The Morgan fingerprint density at radius 1 is 1.44 bits per heavy atom. The molecule has 0 heterocycles. The first-order valence-corrected chi connectivity index (χ1v) is 5.21. The molecule has 1 rings (SSSR count). The minimum atomic E-state index is -0.206. The topological polar surface area (TPSA) is 50.4 Å². The monoisotopic (exact) mass is 222 g/mol. The van der Waals surface area contributed by atoms with E-state index in [-0.39, 0.29) is 11.9 Å². The Morgan fingerprint density at radius 3 is 2.62 bits per heavy atom. The number of hydrogen-bond donors (Lipinski definition) is 2. The van der Waals surface area contributed by atoms with E-state index < -0.39 is 0 Å². The van der Waals surface area contributed by atoms with E-state index in [9.17, 15) is 4.79 Å². The molecule has 4 nitrogen and oxygen atoms in total. The van der Waals surface area contributed by atoms with E-state index >= 15 is 0 Å². The fourth-order valence-corrected chi connectivity index (χ4v) is 1.34. The fraction of sp³-hybridized carbons (Fsp3) is 0.417. The second kappa shape index (κ2) is 5.51. The third-order valence-corrected chi connectivity index (χ3v) is 2.49. The summed E-state index contributed by atoms with van der Waals surface area (Å²) in [7, 11) is 3.38. The molecule has 0 saturated carbocycles. The lowest BCUT2D eigenvalue weighted by atomic mass is 10.2. The summed E-state index contributed by atoms with van der Waals surface area (Å²) in [5, 5.41) is 5.71. The van der Waals surface area contributed by atoms with Gasteiger partial charge >= 0.3 is 0 Å². The Kier molecular flexibility index (Phi) is 4.31. The summed E-state index contributed by atoms with van der Waals surface area (Å²) >= 11 is 0. The predicted molar refractivity (Wildman–Crippen MR) is 64.9 cm³/mol. The number of methoxy groups -OCH3 is 1. The van der Waals surface area contributed by atoms with E-state index in [0.717, 1.165) is 17.0 Å². The van der Waals surface area contributed by atoms with Crippen LogP contribution in [0.25, 0.3) is 0 Å². The molecule has 0 spiro atoms. The Labute approximate surface area is 96.0 Å². The normalized spacial score (nSPS) is 12.0. The Bertz CT molecular complexity index is 377. The van der Waals surface area contributed by atoms with Crippen molar-refractivity contribution in [2.75, 3.05) is 19.5 Å². The van der Waals surface area contributed by atoms with Crippen LogP contribution in [0.1, 0.15) is 12.5 Å². The first-order valence-electron chi connectivity index (χ1n) is 5.21. The number of benzene rings is 1. The van der Waals surface area contributed by atoms with Crippen molar-refractivity contribution in [3.05, 3.63) is 23.8 Å². The molecule has 0 aliphatic heterocycles. The van der Waals surface area contributed by atoms with Gasteiger partial charge in [-0.15, -0.1) is 0 Å². The largest absolute Gasteiger partial charge is 0.496 e. The van der Waals surface area contributed by atoms with Crippen molar-refractivity contribution >= 4 is 11.6 Å². The molecular formula is C12H18N2O2. The van der Waals surface area contributed by atoms with Gasteiger partial charge in [0.05, 0.1) is 13.2 Å². The van der Waals surface area contributed by atoms with Crippen molar-refractivity contribution in [1.82, 2.24) is 5.32 Å². The molecule has 1 aromatic rings. The molecule has 0 aliphatic carbocycles. The molecule has 1 unspecified atom stereocenters. The van der Waals surface area contributed by atoms with Crippen molar-refractivity contribution in [2.24, 2.45) is 0 Å². The van der Waals surface area contributed by atoms with Crippen molar-refractivity contribution in [2.45, 2.75) is 19.9 Å². The third kappa shape index (κ3) is 2.97. The molecule has 16 heavy (non-hydrogen) atoms. The Balaban J connectivity index is 2.75. The van der Waals surface area contributed by atoms with E-state index in [4.69, 9.17) is 4.74 Å². The number of hydrogen-bond acceptors (Lipinski definition) is 3. The van der Waals surface area contributed by atoms with E-state index in [1.54, 1.807) is 14.2 Å². The SMILES string of the molecule is CNC(C)C(=O)Nc1ccc(OC)c(C)c1. The number of anilines is 1. The molecule has 2 N–H and O–H groups in total. The lowest BCUT2D eigenvalue weighted by molar-refractivity contribution is -0.117. The highest BCUT2D eigenvalue weighted by Gasteiger charge is 2.10. The molecule has 1 aromatic carbocycles. The highest BCUT2D eigenvalue weighted by Crippen LogP contribution is 2.21. The summed E-state index contributed by atoms with van der Waals surface area (Å²) in [5.74, 6) is 0.770. The maximum atomic E-state index is 11.6. The zero-order valence-corrected chi connectivity index (χ0v) is 10.1. The third-order valence-electron chi connectivity index (χ3n) is 2.49. The van der Waals surface area contributed by atoms with Crippen molar-refractivity contribution in [3.8, 4) is 5.75 Å². The quantitative estimate of drug-likeness (QED) is 0.812. The number of aryl methyl sites for hydroxylation is 1. The predicted octanol–water partition coefficient (Wildman–Crippen LogP) is 1.55. The van der Waals surface area contributed by atoms with E-state index in [0.29, 0.717) is 0 Å². The number of amides is 1. The molecule has 0 bridgehead atoms. The van der Waals surface area contributed by atoms with Crippen LogP contribution in [0.15, 0.2) is 18.2 Å². The second-order valence-corrected chi connectivity index (χ2v) is 3.68. The molecule has 4 heteroatoms. The fourth-order valence-electron chi connectivity index (χ4n) is 1.34. The smallest absolute Gasteiger partial charge is 0.241 e. The van der Waals surface area contributed by atoms with Crippen molar-refractivity contribution in [1.29, 1.82) is 0 Å². The van der Waals surface area contributed by atoms with Crippen LogP contribution in [0, 0.1) is 6.92 Å². The maximum absolute atomic E-state index is 11.6. The molecule has 1 amide bonds. The van der Waals surface area contributed by atoms with E-state index in [2.05, 4.69) is 10.6 Å². The highest BCUT2D eigenvalue weighted by molar-refractivity contribution is 5.94. The van der Waals surface area contributed by atoms with Gasteiger partial charge in [0, 0.05) is 5.69 Å². The average molecular weight is 222 g/mol. The molecule has 0 saturated heterocycles. The number of rotatable bonds is 4. The maximum Gasteiger partial charge on any atom is 0.241 e. The van der Waals surface area contributed by atoms with Crippen molar-refractivity contribution in [3.63, 3.8) is 0 Å². The summed E-state index contributed by atoms with van der Waals surface area (Å²) in [5.41, 5.74) is 1.78. The molecule has 0 aromatic heterocycles. The number of carbonyl (C=O) groups is 1. The average Bonchev–Trinajstić information content (AvgIpc) is 2.28. The van der Waals surface area contributed by atoms with Gasteiger partial charge in [0.2, 0.25) is 5.91 Å². The summed E-state index contributed by atoms with van der Waals surface area (Å²) in [6.45, 7) is 3.75. The number of carbonyl (C=O) groups excluding carboxylic acids is 1. The van der Waals surface area contributed by atoms with Crippen molar-refractivity contribution < 1.29 is 9.53 Å². The number of nitrogens with one attached hydrogen (secondary N) is 2. The number of likely N-dealkylation sites (N-methyl/N-ethyl adjacent to an activating group) is 1. The van der Waals surface area contributed by atoms with Crippen LogP contribution in [-0.4, -0.2) is 26.1 Å². The first-order chi connectivity index (χ1) is 7.58. The minimum Gasteiger partial charge on any atom is -0.496 e. The summed E-state index contributed by atoms with van der Waals surface area (Å²) < 4.78 is 5.15. The van der Waals surface area contributed by atoms with Gasteiger partial charge in [0.1, 0.15) is 5.75 Å². The zero-order valence-electron chi connectivity index (χ0n) is 10.1. The van der Waals surface area contributed by atoms with Gasteiger partial charge in [0.15, 0.2) is 0 Å². The number of ether oxygens (including phenoxy) is 1. The lowest BCUT2D eigenvalue weighted by Crippen LogP contribution is -2.35. The van der Waals surface area contributed by atoms with Gasteiger partial charge in [-0.3, -0.25) is 4.79 Å². The van der Waals surface area contributed by atoms with Crippen LogP contribution in [-0.2, 0) is 4.79 Å². The van der Waals surface area contributed by atoms with Gasteiger partial charge in [-0.1, -0.05) is 0 Å². The molecule has 0 fully saturated rings.